The van der Waals surface area contributed by atoms with E-state index in [1.807, 2.05) is 11.0 Å². The van der Waals surface area contributed by atoms with E-state index in [1.165, 1.54) is 0 Å². The first kappa shape index (κ1) is 17.3. The second-order valence-corrected chi connectivity index (χ2v) is 8.38. The van der Waals surface area contributed by atoms with Gasteiger partial charge in [-0.05, 0) is 37.0 Å². The fourth-order valence-electron chi connectivity index (χ4n) is 3.44. The lowest BCUT2D eigenvalue weighted by Gasteiger charge is -2.31. The smallest absolute Gasteiger partial charge is 0.254 e. The third kappa shape index (κ3) is 3.53. The van der Waals surface area contributed by atoms with Gasteiger partial charge in [0.2, 0.25) is 6.79 Å². The zero-order chi connectivity index (χ0) is 18.1. The number of fused-ring (bicyclic) bond motifs is 1. The van der Waals surface area contributed by atoms with E-state index in [-0.39, 0.29) is 18.6 Å². The van der Waals surface area contributed by atoms with E-state index < -0.39 is 0 Å². The van der Waals surface area contributed by atoms with Crippen molar-refractivity contribution in [2.75, 3.05) is 19.9 Å². The van der Waals surface area contributed by atoms with Gasteiger partial charge in [-0.25, -0.2) is 0 Å². The summed E-state index contributed by atoms with van der Waals surface area (Å²) < 4.78 is 10.7. The van der Waals surface area contributed by atoms with E-state index in [4.69, 9.17) is 9.47 Å². The number of rotatable bonds is 4. The van der Waals surface area contributed by atoms with Crippen LogP contribution in [0.2, 0.25) is 0 Å². The summed E-state index contributed by atoms with van der Waals surface area (Å²) >= 11 is 1.70. The van der Waals surface area contributed by atoms with E-state index in [0.717, 1.165) is 35.8 Å². The Morgan fingerprint density at radius 3 is 3.00 bits per heavy atom. The zero-order valence-corrected chi connectivity index (χ0v) is 15.9. The highest BCUT2D eigenvalue weighted by atomic mass is 32.1. The van der Waals surface area contributed by atoms with Gasteiger partial charge in [0.05, 0.1) is 0 Å². The summed E-state index contributed by atoms with van der Waals surface area (Å²) in [6.45, 7) is 6.07. The van der Waals surface area contributed by atoms with E-state index in [2.05, 4.69) is 24.0 Å². The molecule has 7 heteroatoms. The van der Waals surface area contributed by atoms with Gasteiger partial charge in [-0.1, -0.05) is 13.8 Å². The minimum absolute atomic E-state index is 0.0416. The molecular formula is C19H23N3O3S. The van der Waals surface area contributed by atoms with Crippen molar-refractivity contribution in [3.05, 3.63) is 33.8 Å². The van der Waals surface area contributed by atoms with E-state index >= 15 is 0 Å². The second-order valence-electron chi connectivity index (χ2n) is 7.29. The molecule has 1 aromatic carbocycles. The molecule has 0 saturated carbocycles. The Kier molecular flexibility index (Phi) is 4.80. The van der Waals surface area contributed by atoms with E-state index in [9.17, 15) is 4.79 Å². The molecule has 1 fully saturated rings. The van der Waals surface area contributed by atoms with Crippen molar-refractivity contribution in [3.63, 3.8) is 0 Å². The molecule has 2 aromatic rings. The van der Waals surface area contributed by atoms with Crippen LogP contribution in [0.4, 0.5) is 0 Å². The minimum Gasteiger partial charge on any atom is -0.454 e. The van der Waals surface area contributed by atoms with Crippen molar-refractivity contribution >= 4 is 17.2 Å². The predicted octanol–water partition coefficient (Wildman–Crippen LogP) is 3.49. The van der Waals surface area contributed by atoms with Crippen molar-refractivity contribution < 1.29 is 14.3 Å². The third-order valence-corrected chi connectivity index (χ3v) is 5.85. The molecule has 0 aliphatic carbocycles. The highest BCUT2D eigenvalue weighted by Crippen LogP contribution is 2.34. The summed E-state index contributed by atoms with van der Waals surface area (Å²) in [7, 11) is 0. The zero-order valence-electron chi connectivity index (χ0n) is 15.1. The summed E-state index contributed by atoms with van der Waals surface area (Å²) in [5.74, 6) is 2.24. The normalized spacial score (nSPS) is 19.2. The Morgan fingerprint density at radius 1 is 1.31 bits per heavy atom. The number of benzene rings is 1. The van der Waals surface area contributed by atoms with Crippen LogP contribution in [0, 0.1) is 5.92 Å². The van der Waals surface area contributed by atoms with Crippen LogP contribution < -0.4 is 9.47 Å². The molecule has 26 heavy (non-hydrogen) atoms. The van der Waals surface area contributed by atoms with E-state index in [1.54, 1.807) is 23.5 Å². The maximum absolute atomic E-state index is 12.9. The Labute approximate surface area is 157 Å². The Morgan fingerprint density at radius 2 is 2.15 bits per heavy atom. The fourth-order valence-corrected chi connectivity index (χ4v) is 4.62. The van der Waals surface area contributed by atoms with Gasteiger partial charge in [0.1, 0.15) is 10.0 Å². The molecule has 2 aliphatic rings. The van der Waals surface area contributed by atoms with Crippen LogP contribution in [0.15, 0.2) is 18.2 Å². The van der Waals surface area contributed by atoms with Crippen LogP contribution in [0.5, 0.6) is 11.5 Å². The lowest BCUT2D eigenvalue weighted by Crippen LogP contribution is -2.39. The van der Waals surface area contributed by atoms with Crippen LogP contribution in [-0.2, 0) is 6.42 Å². The highest BCUT2D eigenvalue weighted by molar-refractivity contribution is 7.11. The van der Waals surface area contributed by atoms with Gasteiger partial charge in [-0.3, -0.25) is 4.79 Å². The Balaban J connectivity index is 1.46. The van der Waals surface area contributed by atoms with E-state index in [0.29, 0.717) is 29.5 Å². The molecule has 1 unspecified atom stereocenters. The number of piperidine rings is 1. The molecule has 0 spiro atoms. The molecule has 0 bridgehead atoms. The number of ether oxygens (including phenoxy) is 2. The van der Waals surface area contributed by atoms with Gasteiger partial charge in [0, 0.05) is 31.0 Å². The topological polar surface area (TPSA) is 64.6 Å². The lowest BCUT2D eigenvalue weighted by atomic mass is 9.98. The van der Waals surface area contributed by atoms with Gasteiger partial charge in [-0.15, -0.1) is 21.5 Å². The molecule has 4 rings (SSSR count). The number of carbonyl (C=O) groups excluding carboxylic acids is 1. The quantitative estimate of drug-likeness (QED) is 0.821. The van der Waals surface area contributed by atoms with Crippen LogP contribution in [-0.4, -0.2) is 40.9 Å². The number of hydrogen-bond acceptors (Lipinski definition) is 6. The number of hydrogen-bond donors (Lipinski definition) is 0. The minimum atomic E-state index is 0.0416. The molecule has 1 aromatic heterocycles. The highest BCUT2D eigenvalue weighted by Gasteiger charge is 2.28. The van der Waals surface area contributed by atoms with Gasteiger partial charge >= 0.3 is 0 Å². The first-order chi connectivity index (χ1) is 12.6. The number of amides is 1. The Hall–Kier alpha value is -2.15. The molecule has 1 amide bonds. The van der Waals surface area contributed by atoms with Gasteiger partial charge in [0.25, 0.3) is 5.91 Å². The van der Waals surface area contributed by atoms with Crippen LogP contribution in [0.1, 0.15) is 53.0 Å². The maximum atomic E-state index is 12.9. The second kappa shape index (κ2) is 7.23. The molecule has 2 aliphatic heterocycles. The van der Waals surface area contributed by atoms with Crippen molar-refractivity contribution in [2.45, 2.75) is 39.0 Å². The molecule has 3 heterocycles. The molecule has 138 valence electrons. The average Bonchev–Trinajstić information content (AvgIpc) is 3.29. The van der Waals surface area contributed by atoms with Gasteiger partial charge in [0.15, 0.2) is 11.5 Å². The van der Waals surface area contributed by atoms with Crippen molar-refractivity contribution in [1.29, 1.82) is 0 Å². The molecular weight excluding hydrogens is 350 g/mol. The summed E-state index contributed by atoms with van der Waals surface area (Å²) in [6.07, 6.45) is 3.01. The summed E-state index contributed by atoms with van der Waals surface area (Å²) in [4.78, 5) is 14.8. The number of aromatic nitrogens is 2. The summed E-state index contributed by atoms with van der Waals surface area (Å²) in [5, 5.41) is 10.9. The fraction of sp³-hybridized carbons (Fsp3) is 0.526. The Bertz CT molecular complexity index is 805. The first-order valence-electron chi connectivity index (χ1n) is 9.11. The largest absolute Gasteiger partial charge is 0.454 e. The number of likely N-dealkylation sites (tertiary alicyclic amines) is 1. The van der Waals surface area contributed by atoms with Crippen LogP contribution in [0.3, 0.4) is 0 Å². The predicted molar refractivity (Wildman–Crippen MR) is 98.9 cm³/mol. The monoisotopic (exact) mass is 373 g/mol. The lowest BCUT2D eigenvalue weighted by molar-refractivity contribution is 0.0706. The maximum Gasteiger partial charge on any atom is 0.254 e. The molecule has 0 radical (unpaired) electrons. The number of nitrogens with zero attached hydrogens (tertiary/aromatic N) is 3. The SMILES string of the molecule is CC(C)Cc1nnc(C2CCCN(C(=O)c3ccc4c(c3)OCO4)C2)s1. The average molecular weight is 373 g/mol. The van der Waals surface area contributed by atoms with Crippen LogP contribution in [0.25, 0.3) is 0 Å². The van der Waals surface area contributed by atoms with Crippen molar-refractivity contribution in [2.24, 2.45) is 5.92 Å². The first-order valence-corrected chi connectivity index (χ1v) is 9.93. The van der Waals surface area contributed by atoms with Gasteiger partial charge in [-0.2, -0.15) is 0 Å². The summed E-state index contributed by atoms with van der Waals surface area (Å²) in [5.41, 5.74) is 0.646. The van der Waals surface area contributed by atoms with Gasteiger partial charge < -0.3 is 14.4 Å². The van der Waals surface area contributed by atoms with Crippen molar-refractivity contribution in [1.82, 2.24) is 15.1 Å². The number of carbonyl (C=O) groups is 1. The molecule has 6 nitrogen and oxygen atoms in total. The summed E-state index contributed by atoms with van der Waals surface area (Å²) in [6, 6.07) is 5.39. The molecule has 1 atom stereocenters. The third-order valence-electron chi connectivity index (χ3n) is 4.74. The molecule has 0 N–H and O–H groups in total. The molecule has 1 saturated heterocycles. The van der Waals surface area contributed by atoms with Crippen molar-refractivity contribution in [3.8, 4) is 11.5 Å². The van der Waals surface area contributed by atoms with Crippen LogP contribution >= 0.6 is 11.3 Å². The standard InChI is InChI=1S/C19H23N3O3S/c1-12(2)8-17-20-21-18(26-17)14-4-3-7-22(10-14)19(23)13-5-6-15-16(9-13)25-11-24-15/h5-6,9,12,14H,3-4,7-8,10-11H2,1-2H3.